The molecule has 0 aromatic heterocycles. The van der Waals surface area contributed by atoms with Gasteiger partial charge in [-0.05, 0) is 6.42 Å². The third kappa shape index (κ3) is 4.76. The van der Waals surface area contributed by atoms with Crippen molar-refractivity contribution < 1.29 is 14.3 Å². The molecule has 0 aromatic rings. The van der Waals surface area contributed by atoms with Crippen molar-refractivity contribution in [1.82, 2.24) is 10.2 Å². The summed E-state index contributed by atoms with van der Waals surface area (Å²) in [5.41, 5.74) is 5.15. The summed E-state index contributed by atoms with van der Waals surface area (Å²) in [7, 11) is 1.40. The average molecular weight is 285 g/mol. The smallest absolute Gasteiger partial charge is 0.310 e. The molecule has 20 heavy (non-hydrogen) atoms. The average Bonchev–Trinajstić information content (AvgIpc) is 2.36. The zero-order valence-corrected chi connectivity index (χ0v) is 12.9. The van der Waals surface area contributed by atoms with E-state index in [-0.39, 0.29) is 23.8 Å². The maximum Gasteiger partial charge on any atom is 0.310 e. The molecule has 2 unspecified atom stereocenters. The van der Waals surface area contributed by atoms with Crippen LogP contribution in [-0.2, 0) is 14.3 Å². The summed E-state index contributed by atoms with van der Waals surface area (Å²) in [4.78, 5) is 25.9. The third-order valence-electron chi connectivity index (χ3n) is 3.52. The molecule has 0 aliphatic carbocycles. The normalized spacial score (nSPS) is 24.2. The van der Waals surface area contributed by atoms with Crippen LogP contribution in [0.4, 0.5) is 0 Å². The summed E-state index contributed by atoms with van der Waals surface area (Å²) in [5, 5.41) is 3.03. The van der Waals surface area contributed by atoms with Crippen molar-refractivity contribution in [3.63, 3.8) is 0 Å². The molecule has 6 nitrogen and oxygen atoms in total. The minimum Gasteiger partial charge on any atom is -0.469 e. The SMILES string of the molecule is COC(=O)C1CC(NC(=O)C(C)(C)C)CN(CCN)C1. The van der Waals surface area contributed by atoms with Gasteiger partial charge in [0.05, 0.1) is 13.0 Å². The van der Waals surface area contributed by atoms with Gasteiger partial charge in [0.25, 0.3) is 0 Å². The summed E-state index contributed by atoms with van der Waals surface area (Å²) >= 11 is 0. The second-order valence-corrected chi connectivity index (χ2v) is 6.42. The Labute approximate surface area is 121 Å². The summed E-state index contributed by atoms with van der Waals surface area (Å²) in [5.74, 6) is -0.423. The number of esters is 1. The summed E-state index contributed by atoms with van der Waals surface area (Å²) in [6.07, 6.45) is 0.621. The molecule has 0 spiro atoms. The molecule has 6 heteroatoms. The zero-order chi connectivity index (χ0) is 15.3. The highest BCUT2D eigenvalue weighted by Crippen LogP contribution is 2.20. The second kappa shape index (κ2) is 7.04. The van der Waals surface area contributed by atoms with Crippen LogP contribution in [0.1, 0.15) is 27.2 Å². The number of ether oxygens (including phenoxy) is 1. The Kier molecular flexibility index (Phi) is 5.95. The molecule has 1 fully saturated rings. The number of piperidine rings is 1. The van der Waals surface area contributed by atoms with Gasteiger partial charge in [0, 0.05) is 37.6 Å². The van der Waals surface area contributed by atoms with E-state index in [1.807, 2.05) is 20.8 Å². The Hall–Kier alpha value is -1.14. The molecule has 3 N–H and O–H groups in total. The second-order valence-electron chi connectivity index (χ2n) is 6.42. The topological polar surface area (TPSA) is 84.7 Å². The number of nitrogens with one attached hydrogen (secondary N) is 1. The number of carbonyl (C=O) groups is 2. The highest BCUT2D eigenvalue weighted by atomic mass is 16.5. The van der Waals surface area contributed by atoms with Gasteiger partial charge in [-0.2, -0.15) is 0 Å². The number of nitrogens with zero attached hydrogens (tertiary/aromatic N) is 1. The van der Waals surface area contributed by atoms with Gasteiger partial charge in [-0.15, -0.1) is 0 Å². The van der Waals surface area contributed by atoms with Crippen molar-refractivity contribution in [3.05, 3.63) is 0 Å². The summed E-state index contributed by atoms with van der Waals surface area (Å²) in [6, 6.07) is -0.0360. The predicted molar refractivity (Wildman–Crippen MR) is 77.0 cm³/mol. The molecular formula is C14H27N3O3. The van der Waals surface area contributed by atoms with E-state index in [0.29, 0.717) is 19.5 Å². The first-order valence-corrected chi connectivity index (χ1v) is 7.09. The molecule has 1 amide bonds. The zero-order valence-electron chi connectivity index (χ0n) is 12.9. The first-order valence-electron chi connectivity index (χ1n) is 7.09. The van der Waals surface area contributed by atoms with Crippen molar-refractivity contribution in [1.29, 1.82) is 0 Å². The number of rotatable bonds is 4. The van der Waals surface area contributed by atoms with Crippen molar-refractivity contribution >= 4 is 11.9 Å². The molecule has 1 rings (SSSR count). The molecular weight excluding hydrogens is 258 g/mol. The lowest BCUT2D eigenvalue weighted by Gasteiger charge is -2.37. The monoisotopic (exact) mass is 285 g/mol. The van der Waals surface area contributed by atoms with E-state index in [0.717, 1.165) is 13.1 Å². The number of nitrogens with two attached hydrogens (primary N) is 1. The molecule has 0 aromatic carbocycles. The van der Waals surface area contributed by atoms with Crippen LogP contribution in [0.2, 0.25) is 0 Å². The van der Waals surface area contributed by atoms with Crippen LogP contribution >= 0.6 is 0 Å². The lowest BCUT2D eigenvalue weighted by molar-refractivity contribution is -0.148. The number of amides is 1. The first kappa shape index (κ1) is 16.9. The van der Waals surface area contributed by atoms with Crippen LogP contribution in [0.3, 0.4) is 0 Å². The Morgan fingerprint density at radius 3 is 2.50 bits per heavy atom. The lowest BCUT2D eigenvalue weighted by atomic mass is 9.91. The molecule has 1 aliphatic heterocycles. The van der Waals surface area contributed by atoms with E-state index in [9.17, 15) is 9.59 Å². The minimum atomic E-state index is -0.434. The molecule has 1 heterocycles. The molecule has 0 saturated carbocycles. The molecule has 0 bridgehead atoms. The largest absolute Gasteiger partial charge is 0.469 e. The molecule has 116 valence electrons. The fraction of sp³-hybridized carbons (Fsp3) is 0.857. The maximum atomic E-state index is 12.1. The van der Waals surface area contributed by atoms with Crippen molar-refractivity contribution in [2.24, 2.45) is 17.1 Å². The highest BCUT2D eigenvalue weighted by molar-refractivity contribution is 5.81. The van der Waals surface area contributed by atoms with Crippen LogP contribution in [0.5, 0.6) is 0 Å². The van der Waals surface area contributed by atoms with Crippen molar-refractivity contribution in [2.45, 2.75) is 33.2 Å². The number of methoxy groups -OCH3 is 1. The van der Waals surface area contributed by atoms with Gasteiger partial charge < -0.3 is 15.8 Å². The van der Waals surface area contributed by atoms with Gasteiger partial charge in [-0.1, -0.05) is 20.8 Å². The maximum absolute atomic E-state index is 12.1. The van der Waals surface area contributed by atoms with E-state index in [4.69, 9.17) is 10.5 Å². The van der Waals surface area contributed by atoms with Crippen LogP contribution in [0, 0.1) is 11.3 Å². The molecule has 1 saturated heterocycles. The van der Waals surface area contributed by atoms with Crippen molar-refractivity contribution in [2.75, 3.05) is 33.3 Å². The van der Waals surface area contributed by atoms with Gasteiger partial charge in [0.15, 0.2) is 0 Å². The third-order valence-corrected chi connectivity index (χ3v) is 3.52. The van der Waals surface area contributed by atoms with E-state index in [1.54, 1.807) is 0 Å². The Balaban J connectivity index is 2.69. The quantitative estimate of drug-likeness (QED) is 0.709. The highest BCUT2D eigenvalue weighted by Gasteiger charge is 2.34. The van der Waals surface area contributed by atoms with E-state index >= 15 is 0 Å². The van der Waals surface area contributed by atoms with Crippen molar-refractivity contribution in [3.8, 4) is 0 Å². The number of likely N-dealkylation sites (tertiary alicyclic amines) is 1. The summed E-state index contributed by atoms with van der Waals surface area (Å²) < 4.78 is 4.83. The standard InChI is InChI=1S/C14H27N3O3/c1-14(2,3)13(19)16-11-7-10(12(18)20-4)8-17(9-11)6-5-15/h10-11H,5-9,15H2,1-4H3,(H,16,19). The van der Waals surface area contributed by atoms with Crippen LogP contribution in [-0.4, -0.2) is 56.1 Å². The van der Waals surface area contributed by atoms with Crippen LogP contribution < -0.4 is 11.1 Å². The van der Waals surface area contributed by atoms with Crippen LogP contribution in [0.25, 0.3) is 0 Å². The fourth-order valence-electron chi connectivity index (χ4n) is 2.40. The number of hydrogen-bond donors (Lipinski definition) is 2. The minimum absolute atomic E-state index is 0.000661. The van der Waals surface area contributed by atoms with E-state index in [2.05, 4.69) is 10.2 Å². The van der Waals surface area contributed by atoms with Gasteiger partial charge in [-0.25, -0.2) is 0 Å². The van der Waals surface area contributed by atoms with Gasteiger partial charge in [0.1, 0.15) is 0 Å². The Bertz CT molecular complexity index is 352. The molecule has 1 aliphatic rings. The summed E-state index contributed by atoms with van der Waals surface area (Å²) in [6.45, 7) is 8.25. The van der Waals surface area contributed by atoms with E-state index in [1.165, 1.54) is 7.11 Å². The van der Waals surface area contributed by atoms with Gasteiger partial charge >= 0.3 is 5.97 Å². The van der Waals surface area contributed by atoms with Gasteiger partial charge in [-0.3, -0.25) is 14.5 Å². The van der Waals surface area contributed by atoms with Crippen LogP contribution in [0.15, 0.2) is 0 Å². The first-order chi connectivity index (χ1) is 9.27. The number of carbonyl (C=O) groups excluding carboxylic acids is 2. The number of hydrogen-bond acceptors (Lipinski definition) is 5. The lowest BCUT2D eigenvalue weighted by Crippen LogP contribution is -2.54. The Morgan fingerprint density at radius 1 is 1.35 bits per heavy atom. The predicted octanol–water partition coefficient (Wildman–Crippen LogP) is -0.0291. The molecule has 2 atom stereocenters. The van der Waals surface area contributed by atoms with E-state index < -0.39 is 5.41 Å². The fourth-order valence-corrected chi connectivity index (χ4v) is 2.40. The Morgan fingerprint density at radius 2 is 2.00 bits per heavy atom. The molecule has 0 radical (unpaired) electrons. The van der Waals surface area contributed by atoms with Gasteiger partial charge in [0.2, 0.25) is 5.91 Å².